The third-order valence-corrected chi connectivity index (χ3v) is 2.24. The zero-order valence-electron chi connectivity index (χ0n) is 9.01. The van der Waals surface area contributed by atoms with Gasteiger partial charge in [-0.1, -0.05) is 0 Å². The van der Waals surface area contributed by atoms with Crippen LogP contribution in [-0.2, 0) is 4.79 Å². The zero-order valence-corrected chi connectivity index (χ0v) is 9.01. The molecule has 0 saturated carbocycles. The van der Waals surface area contributed by atoms with Gasteiger partial charge in [0.05, 0.1) is 5.69 Å². The van der Waals surface area contributed by atoms with Crippen LogP contribution in [-0.4, -0.2) is 31.7 Å². The van der Waals surface area contributed by atoms with Crippen molar-refractivity contribution in [1.82, 2.24) is 14.6 Å². The second-order valence-corrected chi connectivity index (χ2v) is 3.60. The van der Waals surface area contributed by atoms with Crippen molar-refractivity contribution < 1.29 is 9.90 Å². The number of nitrogens with zero attached hydrogens (tertiary/aromatic N) is 3. The summed E-state index contributed by atoms with van der Waals surface area (Å²) in [5.41, 5.74) is 1.63. The second kappa shape index (κ2) is 3.80. The fraction of sp³-hybridized carbons (Fsp3) is 0.300. The lowest BCUT2D eigenvalue weighted by Gasteiger charge is -2.10. The number of carboxylic acids is 1. The second-order valence-electron chi connectivity index (χ2n) is 3.60. The van der Waals surface area contributed by atoms with E-state index in [2.05, 4.69) is 15.4 Å². The normalized spacial score (nSPS) is 12.6. The maximum absolute atomic E-state index is 10.7. The molecule has 2 aromatic rings. The highest BCUT2D eigenvalue weighted by Crippen LogP contribution is 2.15. The summed E-state index contributed by atoms with van der Waals surface area (Å²) in [7, 11) is 0. The van der Waals surface area contributed by atoms with Crippen LogP contribution in [0.2, 0.25) is 0 Å². The van der Waals surface area contributed by atoms with Gasteiger partial charge >= 0.3 is 5.97 Å². The van der Waals surface area contributed by atoms with E-state index in [9.17, 15) is 4.79 Å². The first-order chi connectivity index (χ1) is 7.58. The van der Waals surface area contributed by atoms with Crippen molar-refractivity contribution in [2.45, 2.75) is 19.9 Å². The van der Waals surface area contributed by atoms with Gasteiger partial charge in [-0.3, -0.25) is 4.79 Å². The van der Waals surface area contributed by atoms with E-state index in [1.165, 1.54) is 0 Å². The molecule has 0 aromatic carbocycles. The molecule has 0 aliphatic rings. The highest BCUT2D eigenvalue weighted by atomic mass is 16.4. The van der Waals surface area contributed by atoms with Gasteiger partial charge in [-0.05, 0) is 19.9 Å². The zero-order chi connectivity index (χ0) is 11.7. The quantitative estimate of drug-likeness (QED) is 0.804. The Morgan fingerprint density at radius 1 is 1.62 bits per heavy atom. The van der Waals surface area contributed by atoms with E-state index in [0.717, 1.165) is 11.2 Å². The molecule has 0 spiro atoms. The minimum Gasteiger partial charge on any atom is -0.480 e. The van der Waals surface area contributed by atoms with Gasteiger partial charge in [-0.15, -0.1) is 0 Å². The maximum Gasteiger partial charge on any atom is 0.325 e. The summed E-state index contributed by atoms with van der Waals surface area (Å²) in [6.07, 6.45) is 3.30. The minimum absolute atomic E-state index is 0.526. The maximum atomic E-state index is 10.7. The van der Waals surface area contributed by atoms with E-state index in [-0.39, 0.29) is 0 Å². The summed E-state index contributed by atoms with van der Waals surface area (Å²) in [6, 6.07) is 1.16. The van der Waals surface area contributed by atoms with Crippen molar-refractivity contribution in [3.63, 3.8) is 0 Å². The van der Waals surface area contributed by atoms with Crippen LogP contribution in [0.5, 0.6) is 0 Å². The monoisotopic (exact) mass is 220 g/mol. The van der Waals surface area contributed by atoms with Gasteiger partial charge in [0.15, 0.2) is 5.82 Å². The number of rotatable bonds is 3. The molecule has 2 N–H and O–H groups in total. The van der Waals surface area contributed by atoms with Crippen LogP contribution in [0.1, 0.15) is 12.6 Å². The average Bonchev–Trinajstić information content (AvgIpc) is 2.59. The summed E-state index contributed by atoms with van der Waals surface area (Å²) in [6.45, 7) is 3.44. The highest BCUT2D eigenvalue weighted by molar-refractivity contribution is 5.79. The fourth-order valence-corrected chi connectivity index (χ4v) is 1.42. The Balaban J connectivity index is 2.40. The van der Waals surface area contributed by atoms with Crippen LogP contribution in [0.25, 0.3) is 5.52 Å². The summed E-state index contributed by atoms with van der Waals surface area (Å²) >= 11 is 0. The summed E-state index contributed by atoms with van der Waals surface area (Å²) in [5.74, 6) is -0.391. The van der Waals surface area contributed by atoms with Crippen molar-refractivity contribution >= 4 is 17.3 Å². The highest BCUT2D eigenvalue weighted by Gasteiger charge is 2.13. The van der Waals surface area contributed by atoms with E-state index in [1.807, 2.05) is 13.0 Å². The smallest absolute Gasteiger partial charge is 0.325 e. The number of hydrogen-bond donors (Lipinski definition) is 2. The van der Waals surface area contributed by atoms with Gasteiger partial charge < -0.3 is 10.4 Å². The van der Waals surface area contributed by atoms with Crippen LogP contribution >= 0.6 is 0 Å². The van der Waals surface area contributed by atoms with Crippen LogP contribution < -0.4 is 5.32 Å². The molecule has 1 atom stereocenters. The number of aliphatic carboxylic acids is 1. The molecule has 2 heterocycles. The van der Waals surface area contributed by atoms with E-state index >= 15 is 0 Å². The number of anilines is 1. The van der Waals surface area contributed by atoms with Gasteiger partial charge in [0.2, 0.25) is 0 Å². The van der Waals surface area contributed by atoms with E-state index in [1.54, 1.807) is 23.8 Å². The van der Waals surface area contributed by atoms with Crippen molar-refractivity contribution in [3.05, 3.63) is 24.2 Å². The Kier molecular flexibility index (Phi) is 2.47. The molecule has 0 aliphatic carbocycles. The number of aryl methyl sites for hydroxylation is 1. The predicted octanol–water partition coefficient (Wildman–Crippen LogP) is 0.923. The molecule has 6 nitrogen and oxygen atoms in total. The first kappa shape index (κ1) is 10.4. The first-order valence-electron chi connectivity index (χ1n) is 4.88. The molecular weight excluding hydrogens is 208 g/mol. The number of aromatic nitrogens is 3. The van der Waals surface area contributed by atoms with E-state index < -0.39 is 12.0 Å². The number of hydrogen-bond acceptors (Lipinski definition) is 4. The molecular formula is C10H12N4O2. The molecule has 0 aliphatic heterocycles. The van der Waals surface area contributed by atoms with Crippen LogP contribution in [0.3, 0.4) is 0 Å². The summed E-state index contributed by atoms with van der Waals surface area (Å²) < 4.78 is 1.67. The lowest BCUT2D eigenvalue weighted by Crippen LogP contribution is -2.26. The molecule has 0 saturated heterocycles. The Hall–Kier alpha value is -2.11. The molecule has 16 heavy (non-hydrogen) atoms. The third-order valence-electron chi connectivity index (χ3n) is 2.24. The molecule has 0 amide bonds. The molecule has 0 fully saturated rings. The number of nitrogens with one attached hydrogen (secondary N) is 1. The molecule has 0 radical (unpaired) electrons. The van der Waals surface area contributed by atoms with Crippen molar-refractivity contribution in [1.29, 1.82) is 0 Å². The standard InChI is InChI=1S/C10H12N4O2/c1-6-5-8-9(12-7(2)10(15)16)11-3-4-14(8)13-6/h3-5,7H,1-2H3,(H,11,12)(H,15,16). The average molecular weight is 220 g/mol. The number of carbonyl (C=O) groups is 1. The van der Waals surface area contributed by atoms with Gasteiger partial charge in [-0.25, -0.2) is 9.50 Å². The molecule has 1 unspecified atom stereocenters. The van der Waals surface area contributed by atoms with E-state index in [4.69, 9.17) is 5.11 Å². The SMILES string of the molecule is Cc1cc2c(NC(C)C(=O)O)nccn2n1. The largest absolute Gasteiger partial charge is 0.480 e. The number of fused-ring (bicyclic) bond motifs is 1. The topological polar surface area (TPSA) is 79.5 Å². The Labute approximate surface area is 91.9 Å². The van der Waals surface area contributed by atoms with E-state index in [0.29, 0.717) is 5.82 Å². The third kappa shape index (κ3) is 1.81. The Morgan fingerprint density at radius 3 is 3.06 bits per heavy atom. The Morgan fingerprint density at radius 2 is 2.38 bits per heavy atom. The van der Waals surface area contributed by atoms with Gasteiger partial charge in [0, 0.05) is 12.4 Å². The lowest BCUT2D eigenvalue weighted by molar-refractivity contribution is -0.137. The summed E-state index contributed by atoms with van der Waals surface area (Å²) in [4.78, 5) is 14.8. The van der Waals surface area contributed by atoms with Crippen molar-refractivity contribution in [2.24, 2.45) is 0 Å². The molecule has 84 valence electrons. The van der Waals surface area contributed by atoms with Crippen LogP contribution in [0, 0.1) is 6.92 Å². The Bertz CT molecular complexity index is 535. The molecule has 6 heteroatoms. The molecule has 0 bridgehead atoms. The predicted molar refractivity (Wildman–Crippen MR) is 58.4 cm³/mol. The van der Waals surface area contributed by atoms with Crippen molar-refractivity contribution in [3.8, 4) is 0 Å². The lowest BCUT2D eigenvalue weighted by atomic mass is 10.3. The van der Waals surface area contributed by atoms with Gasteiger partial charge in [-0.2, -0.15) is 5.10 Å². The molecule has 2 rings (SSSR count). The number of carboxylic acid groups (broad SMARTS) is 1. The van der Waals surface area contributed by atoms with Crippen molar-refractivity contribution in [2.75, 3.05) is 5.32 Å². The molecule has 2 aromatic heterocycles. The van der Waals surface area contributed by atoms with Crippen LogP contribution in [0.4, 0.5) is 5.82 Å². The summed E-state index contributed by atoms with van der Waals surface area (Å²) in [5, 5.41) is 15.8. The van der Waals surface area contributed by atoms with Gasteiger partial charge in [0.25, 0.3) is 0 Å². The minimum atomic E-state index is -0.917. The fourth-order valence-electron chi connectivity index (χ4n) is 1.42. The van der Waals surface area contributed by atoms with Gasteiger partial charge in [0.1, 0.15) is 11.6 Å². The first-order valence-corrected chi connectivity index (χ1v) is 4.88. The van der Waals surface area contributed by atoms with Crippen LogP contribution in [0.15, 0.2) is 18.5 Å².